The van der Waals surface area contributed by atoms with E-state index in [9.17, 15) is 14.0 Å². The highest BCUT2D eigenvalue weighted by molar-refractivity contribution is 6.30. The van der Waals surface area contributed by atoms with Gasteiger partial charge in [0, 0.05) is 28.0 Å². The quantitative estimate of drug-likeness (QED) is 0.241. The Morgan fingerprint density at radius 1 is 1.00 bits per heavy atom. The molecule has 0 bridgehead atoms. The summed E-state index contributed by atoms with van der Waals surface area (Å²) in [5.74, 6) is -1.37. The molecular formula is C29H26ClFN2O3. The number of nitrogens with zero attached hydrogens (tertiary/aromatic N) is 1. The van der Waals surface area contributed by atoms with Crippen molar-refractivity contribution in [1.29, 1.82) is 0 Å². The first-order valence-corrected chi connectivity index (χ1v) is 12.2. The smallest absolute Gasteiger partial charge is 0.303 e. The fraction of sp³-hybridized carbons (Fsp3) is 0.207. The van der Waals surface area contributed by atoms with Gasteiger partial charge in [-0.1, -0.05) is 35.9 Å². The Morgan fingerprint density at radius 3 is 2.42 bits per heavy atom. The van der Waals surface area contributed by atoms with E-state index < -0.39 is 5.97 Å². The number of carboxylic acids is 1. The number of rotatable bonds is 9. The van der Waals surface area contributed by atoms with Gasteiger partial charge in [0.25, 0.3) is 5.91 Å². The normalized spacial score (nSPS) is 11.9. The van der Waals surface area contributed by atoms with Crippen LogP contribution in [0.3, 0.4) is 0 Å². The Labute approximate surface area is 214 Å². The molecule has 7 heteroatoms. The number of halogens is 2. The maximum absolute atomic E-state index is 13.2. The lowest BCUT2D eigenvalue weighted by molar-refractivity contribution is -0.137. The maximum Gasteiger partial charge on any atom is 0.303 e. The summed E-state index contributed by atoms with van der Waals surface area (Å²) in [6.45, 7) is 1.85. The zero-order chi connectivity index (χ0) is 25.7. The van der Waals surface area contributed by atoms with Crippen molar-refractivity contribution < 1.29 is 19.1 Å². The maximum atomic E-state index is 13.2. The van der Waals surface area contributed by atoms with E-state index in [0.717, 1.165) is 33.3 Å². The van der Waals surface area contributed by atoms with Gasteiger partial charge in [-0.25, -0.2) is 9.37 Å². The van der Waals surface area contributed by atoms with Crippen LogP contribution < -0.4 is 5.32 Å². The van der Waals surface area contributed by atoms with Gasteiger partial charge in [0.1, 0.15) is 5.82 Å². The second-order valence-electron chi connectivity index (χ2n) is 8.76. The average molecular weight is 505 g/mol. The van der Waals surface area contributed by atoms with Crippen LogP contribution in [0.15, 0.2) is 72.8 Å². The molecule has 36 heavy (non-hydrogen) atoms. The largest absolute Gasteiger partial charge is 0.481 e. The Bertz CT molecular complexity index is 1390. The van der Waals surface area contributed by atoms with Crippen molar-refractivity contribution in [3.05, 3.63) is 100 Å². The summed E-state index contributed by atoms with van der Waals surface area (Å²) in [4.78, 5) is 28.7. The van der Waals surface area contributed by atoms with Crippen LogP contribution in [-0.2, 0) is 11.2 Å². The lowest BCUT2D eigenvalue weighted by atomic mass is 9.98. The number of benzene rings is 3. The van der Waals surface area contributed by atoms with E-state index in [1.807, 2.05) is 43.3 Å². The van der Waals surface area contributed by atoms with E-state index in [4.69, 9.17) is 21.7 Å². The van der Waals surface area contributed by atoms with E-state index in [2.05, 4.69) is 5.32 Å². The zero-order valence-corrected chi connectivity index (χ0v) is 20.6. The minimum absolute atomic E-state index is 0.119. The fourth-order valence-electron chi connectivity index (χ4n) is 4.12. The summed E-state index contributed by atoms with van der Waals surface area (Å²) in [5.41, 5.74) is 4.77. The Hall–Kier alpha value is -3.77. The van der Waals surface area contributed by atoms with E-state index in [1.165, 1.54) is 12.1 Å². The molecule has 1 aromatic heterocycles. The number of nitrogens with one attached hydrogen (secondary N) is 1. The van der Waals surface area contributed by atoms with Crippen molar-refractivity contribution in [3.63, 3.8) is 0 Å². The number of hydrogen-bond donors (Lipinski definition) is 2. The van der Waals surface area contributed by atoms with Crippen LogP contribution in [0.4, 0.5) is 4.39 Å². The van der Waals surface area contributed by atoms with Crippen LogP contribution in [0.25, 0.3) is 22.2 Å². The van der Waals surface area contributed by atoms with Gasteiger partial charge in [-0.05, 0) is 85.8 Å². The third-order valence-corrected chi connectivity index (χ3v) is 6.33. The molecular weight excluding hydrogens is 479 g/mol. The van der Waals surface area contributed by atoms with Gasteiger partial charge in [-0.15, -0.1) is 0 Å². The van der Waals surface area contributed by atoms with Crippen molar-refractivity contribution in [1.82, 2.24) is 10.3 Å². The van der Waals surface area contributed by atoms with Gasteiger partial charge in [-0.2, -0.15) is 0 Å². The highest BCUT2D eigenvalue weighted by atomic mass is 35.5. The molecule has 0 fully saturated rings. The van der Waals surface area contributed by atoms with Gasteiger partial charge in [-0.3, -0.25) is 9.59 Å². The first kappa shape index (κ1) is 25.3. The number of carbonyl (C=O) groups is 2. The van der Waals surface area contributed by atoms with E-state index in [-0.39, 0.29) is 24.2 Å². The van der Waals surface area contributed by atoms with Gasteiger partial charge in [0.15, 0.2) is 0 Å². The molecule has 4 aromatic rings. The molecule has 3 aromatic carbocycles. The summed E-state index contributed by atoms with van der Waals surface area (Å²) >= 11 is 6.06. The minimum atomic E-state index is -0.810. The molecule has 5 nitrogen and oxygen atoms in total. The summed E-state index contributed by atoms with van der Waals surface area (Å²) in [6, 6.07) is 20.6. The molecule has 0 spiro atoms. The van der Waals surface area contributed by atoms with Crippen LogP contribution in [0.1, 0.15) is 53.7 Å². The molecule has 0 aliphatic rings. The van der Waals surface area contributed by atoms with Crippen molar-refractivity contribution in [2.75, 3.05) is 0 Å². The molecule has 0 aliphatic heterocycles. The standard InChI is InChI=1S/C29H26ClFN2O3/c1-18(19-8-13-25(31)14-9-19)32-29(36)22-10-15-26-23(17-22)16-21(4-2-3-5-27(34)35)28(33-26)20-6-11-24(30)12-7-20/h6-18H,2-5H2,1H3,(H,32,36)(H,34,35)/t18-/m1/s1. The SMILES string of the molecule is C[C@@H](NC(=O)c1ccc2nc(-c3ccc(Cl)cc3)c(CCCCC(=O)O)cc2c1)c1ccc(F)cc1. The number of carboxylic acid groups (broad SMARTS) is 1. The number of amides is 1. The molecule has 1 heterocycles. The van der Waals surface area contributed by atoms with E-state index >= 15 is 0 Å². The molecule has 0 unspecified atom stereocenters. The summed E-state index contributed by atoms with van der Waals surface area (Å²) in [6.07, 6.45) is 2.05. The highest BCUT2D eigenvalue weighted by Crippen LogP contribution is 2.29. The molecule has 2 N–H and O–H groups in total. The van der Waals surface area contributed by atoms with Gasteiger partial charge in [0.05, 0.1) is 17.3 Å². The van der Waals surface area contributed by atoms with Crippen molar-refractivity contribution in [2.45, 2.75) is 38.6 Å². The van der Waals surface area contributed by atoms with Crippen molar-refractivity contribution in [2.24, 2.45) is 0 Å². The third-order valence-electron chi connectivity index (χ3n) is 6.08. The second-order valence-corrected chi connectivity index (χ2v) is 9.19. The zero-order valence-electron chi connectivity index (χ0n) is 19.8. The highest BCUT2D eigenvalue weighted by Gasteiger charge is 2.15. The van der Waals surface area contributed by atoms with Crippen LogP contribution >= 0.6 is 11.6 Å². The number of aromatic nitrogens is 1. The number of carbonyl (C=O) groups excluding carboxylic acids is 1. The van der Waals surface area contributed by atoms with Crippen LogP contribution in [0, 0.1) is 5.82 Å². The van der Waals surface area contributed by atoms with Crippen molar-refractivity contribution >= 4 is 34.4 Å². The minimum Gasteiger partial charge on any atom is -0.481 e. The Morgan fingerprint density at radius 2 is 1.72 bits per heavy atom. The summed E-state index contributed by atoms with van der Waals surface area (Å²) in [5, 5.41) is 13.4. The molecule has 0 saturated heterocycles. The number of hydrogen-bond acceptors (Lipinski definition) is 3. The molecule has 0 aliphatic carbocycles. The molecule has 1 amide bonds. The molecule has 184 valence electrons. The number of aliphatic carboxylic acids is 1. The first-order valence-electron chi connectivity index (χ1n) is 11.8. The average Bonchev–Trinajstić information content (AvgIpc) is 2.86. The number of unbranched alkanes of at least 4 members (excludes halogenated alkanes) is 1. The summed E-state index contributed by atoms with van der Waals surface area (Å²) in [7, 11) is 0. The molecule has 1 atom stereocenters. The first-order chi connectivity index (χ1) is 17.3. The fourth-order valence-corrected chi connectivity index (χ4v) is 4.24. The van der Waals surface area contributed by atoms with Gasteiger partial charge in [0.2, 0.25) is 0 Å². The van der Waals surface area contributed by atoms with Crippen molar-refractivity contribution in [3.8, 4) is 11.3 Å². The third kappa shape index (κ3) is 6.26. The number of fused-ring (bicyclic) bond motifs is 1. The van der Waals surface area contributed by atoms with Crippen LogP contribution in [0.2, 0.25) is 5.02 Å². The predicted molar refractivity (Wildman–Crippen MR) is 140 cm³/mol. The topological polar surface area (TPSA) is 79.3 Å². The Balaban J connectivity index is 1.62. The van der Waals surface area contributed by atoms with Gasteiger partial charge >= 0.3 is 5.97 Å². The number of pyridine rings is 1. The number of aryl methyl sites for hydroxylation is 1. The molecule has 4 rings (SSSR count). The van der Waals surface area contributed by atoms with E-state index in [1.54, 1.807) is 24.3 Å². The lowest BCUT2D eigenvalue weighted by Gasteiger charge is -2.15. The van der Waals surface area contributed by atoms with E-state index in [0.29, 0.717) is 29.8 Å². The Kier molecular flexibility index (Phi) is 7.96. The second kappa shape index (κ2) is 11.3. The summed E-state index contributed by atoms with van der Waals surface area (Å²) < 4.78 is 13.2. The predicted octanol–water partition coefficient (Wildman–Crippen LogP) is 6.98. The van der Waals surface area contributed by atoms with Crippen LogP contribution in [0.5, 0.6) is 0 Å². The van der Waals surface area contributed by atoms with Gasteiger partial charge < -0.3 is 10.4 Å². The lowest BCUT2D eigenvalue weighted by Crippen LogP contribution is -2.26. The monoisotopic (exact) mass is 504 g/mol. The van der Waals surface area contributed by atoms with Crippen LogP contribution in [-0.4, -0.2) is 22.0 Å². The molecule has 0 saturated carbocycles. The molecule has 0 radical (unpaired) electrons.